The van der Waals surface area contributed by atoms with Crippen LogP contribution in [0.3, 0.4) is 0 Å². The van der Waals surface area contributed by atoms with Gasteiger partial charge in [0.1, 0.15) is 0 Å². The standard InChI is InChI=1S/C10H11Cl3/c1-6(7(2)11)8-3-4-9(12)10(13)5-8/h3-7H,1-2H3. The third-order valence-electron chi connectivity index (χ3n) is 2.16. The van der Waals surface area contributed by atoms with Crippen LogP contribution in [0, 0.1) is 0 Å². The predicted molar refractivity (Wildman–Crippen MR) is 60.2 cm³/mol. The van der Waals surface area contributed by atoms with Crippen LogP contribution >= 0.6 is 34.8 Å². The van der Waals surface area contributed by atoms with Crippen LogP contribution in [0.25, 0.3) is 0 Å². The Labute approximate surface area is 93.8 Å². The summed E-state index contributed by atoms with van der Waals surface area (Å²) in [6, 6.07) is 5.63. The molecule has 0 spiro atoms. The zero-order valence-corrected chi connectivity index (χ0v) is 9.79. The number of rotatable bonds is 2. The van der Waals surface area contributed by atoms with Gasteiger partial charge in [0.15, 0.2) is 0 Å². The Bertz CT molecular complexity index is 294. The van der Waals surface area contributed by atoms with Crippen molar-refractivity contribution in [3.63, 3.8) is 0 Å². The van der Waals surface area contributed by atoms with E-state index in [9.17, 15) is 0 Å². The molecule has 0 N–H and O–H groups in total. The third-order valence-corrected chi connectivity index (χ3v) is 3.28. The van der Waals surface area contributed by atoms with Gasteiger partial charge in [0.2, 0.25) is 0 Å². The van der Waals surface area contributed by atoms with E-state index in [2.05, 4.69) is 6.92 Å². The van der Waals surface area contributed by atoms with Crippen LogP contribution in [-0.2, 0) is 0 Å². The van der Waals surface area contributed by atoms with E-state index in [1.54, 1.807) is 6.07 Å². The first-order valence-electron chi connectivity index (χ1n) is 4.11. The number of benzene rings is 1. The van der Waals surface area contributed by atoms with Crippen molar-refractivity contribution in [3.05, 3.63) is 33.8 Å². The van der Waals surface area contributed by atoms with Crippen LogP contribution in [0.15, 0.2) is 18.2 Å². The second kappa shape index (κ2) is 4.54. The monoisotopic (exact) mass is 236 g/mol. The molecular formula is C10H11Cl3. The molecule has 0 amide bonds. The van der Waals surface area contributed by atoms with E-state index in [1.807, 2.05) is 19.1 Å². The molecule has 1 rings (SSSR count). The topological polar surface area (TPSA) is 0 Å². The lowest BCUT2D eigenvalue weighted by atomic mass is 9.98. The van der Waals surface area contributed by atoms with Gasteiger partial charge in [-0.2, -0.15) is 0 Å². The first kappa shape index (κ1) is 11.2. The summed E-state index contributed by atoms with van der Waals surface area (Å²) in [5.74, 6) is 0.288. The highest BCUT2D eigenvalue weighted by Crippen LogP contribution is 2.29. The number of hydrogen-bond donors (Lipinski definition) is 0. The zero-order valence-electron chi connectivity index (χ0n) is 7.52. The van der Waals surface area contributed by atoms with Gasteiger partial charge < -0.3 is 0 Å². The smallest absolute Gasteiger partial charge is 0.0595 e. The van der Waals surface area contributed by atoms with Gasteiger partial charge in [-0.05, 0) is 30.5 Å². The minimum absolute atomic E-state index is 0.0947. The highest BCUT2D eigenvalue weighted by atomic mass is 35.5. The summed E-state index contributed by atoms with van der Waals surface area (Å²) in [5.41, 5.74) is 1.12. The van der Waals surface area contributed by atoms with E-state index in [4.69, 9.17) is 34.8 Å². The summed E-state index contributed by atoms with van der Waals surface area (Å²) in [6.45, 7) is 4.03. The average molecular weight is 238 g/mol. The Morgan fingerprint density at radius 3 is 2.15 bits per heavy atom. The summed E-state index contributed by atoms with van der Waals surface area (Å²) in [7, 11) is 0. The molecule has 2 atom stereocenters. The Balaban J connectivity index is 2.97. The number of halogens is 3. The van der Waals surface area contributed by atoms with Crippen molar-refractivity contribution < 1.29 is 0 Å². The van der Waals surface area contributed by atoms with Gasteiger partial charge in [-0.1, -0.05) is 36.2 Å². The first-order valence-corrected chi connectivity index (χ1v) is 5.30. The molecule has 0 fully saturated rings. The molecule has 0 nitrogen and oxygen atoms in total. The van der Waals surface area contributed by atoms with Crippen molar-refractivity contribution in [1.82, 2.24) is 0 Å². The summed E-state index contributed by atoms with van der Waals surface area (Å²) in [4.78, 5) is 0. The second-order valence-electron chi connectivity index (χ2n) is 3.14. The van der Waals surface area contributed by atoms with E-state index < -0.39 is 0 Å². The van der Waals surface area contributed by atoms with Gasteiger partial charge >= 0.3 is 0 Å². The van der Waals surface area contributed by atoms with Gasteiger partial charge in [0.05, 0.1) is 10.0 Å². The summed E-state index contributed by atoms with van der Waals surface area (Å²) in [6.07, 6.45) is 0. The van der Waals surface area contributed by atoms with Crippen molar-refractivity contribution in [2.75, 3.05) is 0 Å². The molecule has 3 heteroatoms. The highest BCUT2D eigenvalue weighted by Gasteiger charge is 2.12. The molecule has 72 valence electrons. The summed E-state index contributed by atoms with van der Waals surface area (Å²) >= 11 is 17.7. The summed E-state index contributed by atoms with van der Waals surface area (Å²) < 4.78 is 0. The molecule has 0 saturated heterocycles. The molecule has 0 aliphatic rings. The van der Waals surface area contributed by atoms with E-state index in [0.717, 1.165) is 5.56 Å². The van der Waals surface area contributed by atoms with Gasteiger partial charge in [-0.25, -0.2) is 0 Å². The largest absolute Gasteiger partial charge is 0.123 e. The molecule has 0 aliphatic heterocycles. The molecular weight excluding hydrogens is 226 g/mol. The molecule has 1 aromatic rings. The molecule has 0 aromatic heterocycles. The minimum Gasteiger partial charge on any atom is -0.123 e. The van der Waals surface area contributed by atoms with E-state index in [-0.39, 0.29) is 11.3 Å². The molecule has 13 heavy (non-hydrogen) atoms. The molecule has 0 saturated carbocycles. The fraction of sp³-hybridized carbons (Fsp3) is 0.400. The molecule has 0 aliphatic carbocycles. The lowest BCUT2D eigenvalue weighted by Crippen LogP contribution is -2.04. The van der Waals surface area contributed by atoms with Crippen molar-refractivity contribution in [2.45, 2.75) is 25.1 Å². The Hall–Kier alpha value is 0.0900. The van der Waals surface area contributed by atoms with Crippen molar-refractivity contribution in [3.8, 4) is 0 Å². The lowest BCUT2D eigenvalue weighted by Gasteiger charge is -2.14. The van der Waals surface area contributed by atoms with Gasteiger partial charge in [0.25, 0.3) is 0 Å². The Kier molecular flexibility index (Phi) is 3.90. The molecule has 0 radical (unpaired) electrons. The van der Waals surface area contributed by atoms with Crippen LogP contribution in [0.1, 0.15) is 25.3 Å². The normalized spacial score (nSPS) is 15.5. The molecule has 0 heterocycles. The van der Waals surface area contributed by atoms with Crippen LogP contribution in [0.2, 0.25) is 10.0 Å². The zero-order chi connectivity index (χ0) is 10.0. The van der Waals surface area contributed by atoms with Crippen LogP contribution in [0.4, 0.5) is 0 Å². The number of hydrogen-bond acceptors (Lipinski definition) is 0. The average Bonchev–Trinajstić information content (AvgIpc) is 2.08. The SMILES string of the molecule is CC(Cl)C(C)c1ccc(Cl)c(Cl)c1. The number of alkyl halides is 1. The van der Waals surface area contributed by atoms with Gasteiger partial charge in [-0.15, -0.1) is 11.6 Å². The maximum atomic E-state index is 5.98. The fourth-order valence-corrected chi connectivity index (χ4v) is 1.51. The molecule has 2 unspecified atom stereocenters. The molecule has 0 bridgehead atoms. The predicted octanol–water partition coefficient (Wildman–Crippen LogP) is 4.72. The maximum absolute atomic E-state index is 5.98. The van der Waals surface area contributed by atoms with E-state index in [0.29, 0.717) is 10.0 Å². The molecule has 1 aromatic carbocycles. The van der Waals surface area contributed by atoms with E-state index in [1.165, 1.54) is 0 Å². The first-order chi connectivity index (χ1) is 6.02. The van der Waals surface area contributed by atoms with Crippen LogP contribution in [0.5, 0.6) is 0 Å². The highest BCUT2D eigenvalue weighted by molar-refractivity contribution is 6.42. The van der Waals surface area contributed by atoms with Crippen molar-refractivity contribution in [2.24, 2.45) is 0 Å². The quantitative estimate of drug-likeness (QED) is 0.653. The van der Waals surface area contributed by atoms with Gasteiger partial charge in [0, 0.05) is 5.38 Å². The summed E-state index contributed by atoms with van der Waals surface area (Å²) in [5, 5.41) is 1.26. The van der Waals surface area contributed by atoms with Crippen molar-refractivity contribution in [1.29, 1.82) is 0 Å². The fourth-order valence-electron chi connectivity index (χ4n) is 1.06. The van der Waals surface area contributed by atoms with Crippen molar-refractivity contribution >= 4 is 34.8 Å². The Morgan fingerprint density at radius 2 is 1.69 bits per heavy atom. The van der Waals surface area contributed by atoms with E-state index >= 15 is 0 Å². The third kappa shape index (κ3) is 2.77. The minimum atomic E-state index is 0.0947. The lowest BCUT2D eigenvalue weighted by molar-refractivity contribution is 0.742. The van der Waals surface area contributed by atoms with Gasteiger partial charge in [-0.3, -0.25) is 0 Å². The Morgan fingerprint density at radius 1 is 1.08 bits per heavy atom. The van der Waals surface area contributed by atoms with Crippen LogP contribution in [-0.4, -0.2) is 5.38 Å². The second-order valence-corrected chi connectivity index (χ2v) is 4.64. The van der Waals surface area contributed by atoms with Crippen LogP contribution < -0.4 is 0 Å². The maximum Gasteiger partial charge on any atom is 0.0595 e.